The molecule has 0 aliphatic rings. The molecule has 0 aliphatic heterocycles. The SMILES string of the molecule is CCCc1c(Cl)ncnc1NCCc1ncn(C)n1. The quantitative estimate of drug-likeness (QED) is 0.818. The summed E-state index contributed by atoms with van der Waals surface area (Å²) in [5, 5.41) is 8.02. The molecule has 19 heavy (non-hydrogen) atoms. The van der Waals surface area contributed by atoms with Crippen molar-refractivity contribution in [2.45, 2.75) is 26.2 Å². The molecule has 0 spiro atoms. The highest BCUT2D eigenvalue weighted by atomic mass is 35.5. The molecule has 7 heteroatoms. The predicted molar refractivity (Wildman–Crippen MR) is 74.2 cm³/mol. The third-order valence-electron chi connectivity index (χ3n) is 2.68. The molecule has 0 saturated carbocycles. The number of halogens is 1. The fraction of sp³-hybridized carbons (Fsp3) is 0.500. The second-order valence-corrected chi connectivity index (χ2v) is 4.61. The van der Waals surface area contributed by atoms with Crippen LogP contribution in [-0.2, 0) is 19.9 Å². The first-order chi connectivity index (χ1) is 9.20. The second kappa shape index (κ2) is 6.47. The van der Waals surface area contributed by atoms with Gasteiger partial charge >= 0.3 is 0 Å². The molecule has 0 amide bonds. The third kappa shape index (κ3) is 3.64. The van der Waals surface area contributed by atoms with Crippen LogP contribution in [0, 0.1) is 0 Å². The van der Waals surface area contributed by atoms with Gasteiger partial charge in [-0.3, -0.25) is 4.68 Å². The van der Waals surface area contributed by atoms with Gasteiger partial charge in [0.25, 0.3) is 0 Å². The molecule has 0 atom stereocenters. The second-order valence-electron chi connectivity index (χ2n) is 4.25. The average molecular weight is 281 g/mol. The van der Waals surface area contributed by atoms with E-state index < -0.39 is 0 Å². The van der Waals surface area contributed by atoms with Crippen molar-refractivity contribution >= 4 is 17.4 Å². The highest BCUT2D eigenvalue weighted by Gasteiger charge is 2.08. The maximum Gasteiger partial charge on any atom is 0.152 e. The van der Waals surface area contributed by atoms with Crippen LogP contribution in [0.2, 0.25) is 5.15 Å². The minimum Gasteiger partial charge on any atom is -0.369 e. The Balaban J connectivity index is 1.97. The molecule has 0 aliphatic carbocycles. The normalized spacial score (nSPS) is 10.7. The average Bonchev–Trinajstić information content (AvgIpc) is 2.79. The van der Waals surface area contributed by atoms with Crippen LogP contribution in [0.4, 0.5) is 5.82 Å². The molecule has 6 nitrogen and oxygen atoms in total. The fourth-order valence-corrected chi connectivity index (χ4v) is 2.03. The number of rotatable bonds is 6. The van der Waals surface area contributed by atoms with Gasteiger partial charge in [0.2, 0.25) is 0 Å². The van der Waals surface area contributed by atoms with Gasteiger partial charge in [-0.05, 0) is 6.42 Å². The first-order valence-corrected chi connectivity index (χ1v) is 6.66. The lowest BCUT2D eigenvalue weighted by Gasteiger charge is -2.10. The smallest absolute Gasteiger partial charge is 0.152 e. The molecule has 0 radical (unpaired) electrons. The van der Waals surface area contributed by atoms with Crippen molar-refractivity contribution in [2.75, 3.05) is 11.9 Å². The summed E-state index contributed by atoms with van der Waals surface area (Å²) in [7, 11) is 1.85. The van der Waals surface area contributed by atoms with E-state index >= 15 is 0 Å². The monoisotopic (exact) mass is 280 g/mol. The van der Waals surface area contributed by atoms with Gasteiger partial charge in [-0.1, -0.05) is 24.9 Å². The van der Waals surface area contributed by atoms with E-state index in [1.807, 2.05) is 7.05 Å². The number of hydrogen-bond acceptors (Lipinski definition) is 5. The summed E-state index contributed by atoms with van der Waals surface area (Å²) >= 11 is 6.09. The van der Waals surface area contributed by atoms with E-state index in [1.54, 1.807) is 11.0 Å². The van der Waals surface area contributed by atoms with Crippen molar-refractivity contribution in [3.8, 4) is 0 Å². The van der Waals surface area contributed by atoms with Gasteiger partial charge in [0, 0.05) is 25.6 Å². The molecule has 2 heterocycles. The van der Waals surface area contributed by atoms with Crippen molar-refractivity contribution in [1.29, 1.82) is 0 Å². The lowest BCUT2D eigenvalue weighted by atomic mass is 10.2. The first-order valence-electron chi connectivity index (χ1n) is 6.28. The molecule has 2 rings (SSSR count). The lowest BCUT2D eigenvalue weighted by Crippen LogP contribution is -2.10. The van der Waals surface area contributed by atoms with Crippen LogP contribution in [0.25, 0.3) is 0 Å². The van der Waals surface area contributed by atoms with Crippen LogP contribution < -0.4 is 5.32 Å². The topological polar surface area (TPSA) is 68.5 Å². The van der Waals surface area contributed by atoms with E-state index in [9.17, 15) is 0 Å². The fourth-order valence-electron chi connectivity index (χ4n) is 1.81. The maximum atomic E-state index is 6.09. The minimum absolute atomic E-state index is 0.523. The van der Waals surface area contributed by atoms with Crippen molar-refractivity contribution in [1.82, 2.24) is 24.7 Å². The van der Waals surface area contributed by atoms with E-state index in [2.05, 4.69) is 32.3 Å². The molecule has 0 bridgehead atoms. The number of aryl methyl sites for hydroxylation is 1. The largest absolute Gasteiger partial charge is 0.369 e. The van der Waals surface area contributed by atoms with Gasteiger partial charge in [-0.15, -0.1) is 0 Å². The Morgan fingerprint density at radius 1 is 1.26 bits per heavy atom. The number of aromatic nitrogens is 5. The molecule has 0 unspecified atom stereocenters. The van der Waals surface area contributed by atoms with Gasteiger partial charge in [0.15, 0.2) is 5.82 Å². The Labute approximate surface area is 117 Å². The summed E-state index contributed by atoms with van der Waals surface area (Å²) in [5.41, 5.74) is 0.973. The van der Waals surface area contributed by atoms with E-state index in [0.29, 0.717) is 11.7 Å². The molecule has 0 fully saturated rings. The Bertz CT molecular complexity index is 539. The van der Waals surface area contributed by atoms with Gasteiger partial charge in [0.1, 0.15) is 23.6 Å². The zero-order valence-electron chi connectivity index (χ0n) is 11.1. The summed E-state index contributed by atoms with van der Waals surface area (Å²) in [5.74, 6) is 1.62. The molecule has 2 aromatic heterocycles. The summed E-state index contributed by atoms with van der Waals surface area (Å²) in [6.07, 6.45) is 5.78. The molecule has 2 aromatic rings. The van der Waals surface area contributed by atoms with Crippen LogP contribution in [0.1, 0.15) is 24.7 Å². The minimum atomic E-state index is 0.523. The third-order valence-corrected chi connectivity index (χ3v) is 3.01. The van der Waals surface area contributed by atoms with Crippen LogP contribution in [0.15, 0.2) is 12.7 Å². The van der Waals surface area contributed by atoms with E-state index in [1.165, 1.54) is 6.33 Å². The predicted octanol–water partition coefficient (Wildman–Crippen LogP) is 1.87. The van der Waals surface area contributed by atoms with Crippen LogP contribution in [-0.4, -0.2) is 31.3 Å². The molecule has 0 saturated heterocycles. The van der Waals surface area contributed by atoms with Crippen LogP contribution >= 0.6 is 11.6 Å². The Kier molecular flexibility index (Phi) is 4.68. The van der Waals surface area contributed by atoms with Gasteiger partial charge in [-0.2, -0.15) is 5.10 Å². The van der Waals surface area contributed by atoms with Crippen molar-refractivity contribution < 1.29 is 0 Å². The Morgan fingerprint density at radius 3 is 2.79 bits per heavy atom. The molecule has 0 aromatic carbocycles. The number of nitrogens with zero attached hydrogens (tertiary/aromatic N) is 5. The lowest BCUT2D eigenvalue weighted by molar-refractivity contribution is 0.741. The van der Waals surface area contributed by atoms with Crippen molar-refractivity contribution in [2.24, 2.45) is 7.05 Å². The summed E-state index contributed by atoms with van der Waals surface area (Å²) in [6.45, 7) is 2.82. The standard InChI is InChI=1S/C12H17ClN6/c1-3-4-9-11(13)15-7-16-12(9)14-6-5-10-17-8-19(2)18-10/h7-8H,3-6H2,1-2H3,(H,14,15,16). The van der Waals surface area contributed by atoms with Gasteiger partial charge < -0.3 is 5.32 Å². The summed E-state index contributed by atoms with van der Waals surface area (Å²) in [4.78, 5) is 12.4. The van der Waals surface area contributed by atoms with Gasteiger partial charge in [-0.25, -0.2) is 15.0 Å². The van der Waals surface area contributed by atoms with Crippen LogP contribution in [0.3, 0.4) is 0 Å². The van der Waals surface area contributed by atoms with E-state index in [0.717, 1.165) is 36.5 Å². The zero-order chi connectivity index (χ0) is 13.7. The number of anilines is 1. The summed E-state index contributed by atoms with van der Waals surface area (Å²) < 4.78 is 1.69. The van der Waals surface area contributed by atoms with Crippen molar-refractivity contribution in [3.05, 3.63) is 29.2 Å². The molecule has 102 valence electrons. The van der Waals surface area contributed by atoms with E-state index in [4.69, 9.17) is 11.6 Å². The van der Waals surface area contributed by atoms with Crippen LogP contribution in [0.5, 0.6) is 0 Å². The molecule has 1 N–H and O–H groups in total. The highest BCUT2D eigenvalue weighted by molar-refractivity contribution is 6.30. The van der Waals surface area contributed by atoms with Crippen molar-refractivity contribution in [3.63, 3.8) is 0 Å². The Hall–Kier alpha value is -1.69. The number of nitrogens with one attached hydrogen (secondary N) is 1. The highest BCUT2D eigenvalue weighted by Crippen LogP contribution is 2.21. The zero-order valence-corrected chi connectivity index (χ0v) is 11.9. The summed E-state index contributed by atoms with van der Waals surface area (Å²) in [6, 6.07) is 0. The molecular formula is C12H17ClN6. The van der Waals surface area contributed by atoms with E-state index in [-0.39, 0.29) is 0 Å². The maximum absolute atomic E-state index is 6.09. The first kappa shape index (κ1) is 13.7. The number of hydrogen-bond donors (Lipinski definition) is 1. The molecular weight excluding hydrogens is 264 g/mol. The van der Waals surface area contributed by atoms with Gasteiger partial charge in [0.05, 0.1) is 0 Å². The Morgan fingerprint density at radius 2 is 2.11 bits per heavy atom.